The fourth-order valence-electron chi connectivity index (χ4n) is 2.28. The van der Waals surface area contributed by atoms with Crippen molar-refractivity contribution in [3.05, 3.63) is 73.0 Å². The molecule has 2 N–H and O–H groups in total. The molecule has 0 aliphatic heterocycles. The summed E-state index contributed by atoms with van der Waals surface area (Å²) in [6.07, 6.45) is 7.14. The lowest BCUT2D eigenvalue weighted by atomic mass is 10.0. The molecule has 0 aliphatic rings. The zero-order valence-corrected chi connectivity index (χ0v) is 16.4. The number of nitrogens with zero attached hydrogens (tertiary/aromatic N) is 2. The van der Waals surface area contributed by atoms with Crippen molar-refractivity contribution in [2.24, 2.45) is 10.9 Å². The van der Waals surface area contributed by atoms with Gasteiger partial charge >= 0.3 is 0 Å². The second kappa shape index (κ2) is 10.2. The quantitative estimate of drug-likeness (QED) is 0.362. The van der Waals surface area contributed by atoms with Gasteiger partial charge < -0.3 is 10.6 Å². The average molecular weight is 380 g/mol. The number of benzene rings is 1. The minimum absolute atomic E-state index is 0.320. The van der Waals surface area contributed by atoms with Crippen molar-refractivity contribution in [2.75, 3.05) is 10.6 Å². The highest BCUT2D eigenvalue weighted by atomic mass is 19.1. The molecule has 146 valence electrons. The molecule has 0 radical (unpaired) electrons. The second-order valence-electron chi connectivity index (χ2n) is 6.38. The van der Waals surface area contributed by atoms with E-state index in [1.807, 2.05) is 6.92 Å². The SMILES string of the molecule is C=C/C(=C\N=C(\C)C(C)CC)C(=O)Nc1ccncc1Nc1ccc(F)cc1. The van der Waals surface area contributed by atoms with Gasteiger partial charge in [0.25, 0.3) is 5.91 Å². The molecule has 1 heterocycles. The highest BCUT2D eigenvalue weighted by Crippen LogP contribution is 2.25. The maximum atomic E-state index is 13.1. The Morgan fingerprint density at radius 2 is 2.00 bits per heavy atom. The van der Waals surface area contributed by atoms with Gasteiger partial charge in [0, 0.05) is 23.8 Å². The summed E-state index contributed by atoms with van der Waals surface area (Å²) in [4.78, 5) is 21.1. The first kappa shape index (κ1) is 21.0. The number of aliphatic imine (C=N–C) groups is 1. The van der Waals surface area contributed by atoms with Crippen LogP contribution in [-0.2, 0) is 4.79 Å². The van der Waals surface area contributed by atoms with Crippen LogP contribution in [-0.4, -0.2) is 16.6 Å². The van der Waals surface area contributed by atoms with Crippen LogP contribution >= 0.6 is 0 Å². The zero-order valence-electron chi connectivity index (χ0n) is 16.4. The number of pyridine rings is 1. The van der Waals surface area contributed by atoms with E-state index >= 15 is 0 Å². The first-order chi connectivity index (χ1) is 13.4. The predicted octanol–water partition coefficient (Wildman–Crippen LogP) is 5.48. The Bertz CT molecular complexity index is 888. The van der Waals surface area contributed by atoms with Gasteiger partial charge in [0.05, 0.1) is 23.1 Å². The molecule has 1 amide bonds. The highest BCUT2D eigenvalue weighted by molar-refractivity contribution is 6.07. The molecule has 0 bridgehead atoms. The summed E-state index contributed by atoms with van der Waals surface area (Å²) in [7, 11) is 0. The number of hydrogen-bond acceptors (Lipinski definition) is 4. The normalized spacial score (nSPS) is 13.0. The van der Waals surface area contributed by atoms with E-state index in [0.29, 0.717) is 28.6 Å². The Labute approximate surface area is 165 Å². The number of nitrogens with one attached hydrogen (secondary N) is 2. The molecule has 28 heavy (non-hydrogen) atoms. The molecule has 6 heteroatoms. The maximum Gasteiger partial charge on any atom is 0.257 e. The van der Waals surface area contributed by atoms with Crippen molar-refractivity contribution in [2.45, 2.75) is 27.2 Å². The van der Waals surface area contributed by atoms with Crippen LogP contribution in [0.4, 0.5) is 21.5 Å². The molecule has 0 spiro atoms. The number of carbonyl (C=O) groups is 1. The molecule has 0 saturated carbocycles. The average Bonchev–Trinajstić information content (AvgIpc) is 2.70. The van der Waals surface area contributed by atoms with Crippen molar-refractivity contribution in [1.82, 2.24) is 4.98 Å². The Morgan fingerprint density at radius 1 is 1.29 bits per heavy atom. The van der Waals surface area contributed by atoms with Crippen LogP contribution in [0.25, 0.3) is 0 Å². The van der Waals surface area contributed by atoms with E-state index in [0.717, 1.165) is 12.1 Å². The van der Waals surface area contributed by atoms with Gasteiger partial charge in [-0.25, -0.2) is 4.39 Å². The number of hydrogen-bond donors (Lipinski definition) is 2. The summed E-state index contributed by atoms with van der Waals surface area (Å²) in [6.45, 7) is 9.82. The third-order valence-electron chi connectivity index (χ3n) is 4.41. The number of carbonyl (C=O) groups excluding carboxylic acids is 1. The van der Waals surface area contributed by atoms with Gasteiger partial charge in [0.2, 0.25) is 0 Å². The van der Waals surface area contributed by atoms with E-state index < -0.39 is 0 Å². The molecule has 5 nitrogen and oxygen atoms in total. The van der Waals surface area contributed by atoms with Gasteiger partial charge in [-0.3, -0.25) is 14.8 Å². The molecule has 2 aromatic rings. The predicted molar refractivity (Wildman–Crippen MR) is 113 cm³/mol. The van der Waals surface area contributed by atoms with Crippen molar-refractivity contribution < 1.29 is 9.18 Å². The molecular formula is C22H25FN4O. The van der Waals surface area contributed by atoms with Crippen LogP contribution in [0.5, 0.6) is 0 Å². The molecule has 0 aliphatic carbocycles. The van der Waals surface area contributed by atoms with Crippen LogP contribution < -0.4 is 10.6 Å². The molecule has 1 aromatic heterocycles. The van der Waals surface area contributed by atoms with Crippen molar-refractivity contribution in [3.8, 4) is 0 Å². The smallest absolute Gasteiger partial charge is 0.257 e. The third-order valence-corrected chi connectivity index (χ3v) is 4.41. The zero-order chi connectivity index (χ0) is 20.5. The van der Waals surface area contributed by atoms with Crippen LogP contribution in [0.1, 0.15) is 27.2 Å². The van der Waals surface area contributed by atoms with Crippen molar-refractivity contribution >= 4 is 28.7 Å². The first-order valence-corrected chi connectivity index (χ1v) is 9.09. The lowest BCUT2D eigenvalue weighted by molar-refractivity contribution is -0.112. The standard InChI is InChI=1S/C22H25FN4O/c1-5-15(3)16(4)25-13-17(6-2)22(28)27-20-11-12-24-14-21(20)26-19-9-7-18(23)8-10-19/h6-15,26H,2,5H2,1,3-4H3,(H,24,27,28)/b17-13+,25-16-. The molecule has 1 atom stereocenters. The summed E-state index contributed by atoms with van der Waals surface area (Å²) in [5, 5.41) is 5.95. The van der Waals surface area contributed by atoms with E-state index in [1.165, 1.54) is 24.4 Å². The van der Waals surface area contributed by atoms with Gasteiger partial charge in [-0.05, 0) is 49.6 Å². The fourth-order valence-corrected chi connectivity index (χ4v) is 2.28. The largest absolute Gasteiger partial charge is 0.353 e. The van der Waals surface area contributed by atoms with Gasteiger partial charge in [0.1, 0.15) is 5.82 Å². The number of aromatic nitrogens is 1. The first-order valence-electron chi connectivity index (χ1n) is 9.09. The van der Waals surface area contributed by atoms with Crippen molar-refractivity contribution in [1.29, 1.82) is 0 Å². The Hall–Kier alpha value is -3.28. The van der Waals surface area contributed by atoms with Gasteiger partial charge in [-0.1, -0.05) is 26.5 Å². The minimum atomic E-state index is -0.330. The topological polar surface area (TPSA) is 66.4 Å². The van der Waals surface area contributed by atoms with Crippen molar-refractivity contribution in [3.63, 3.8) is 0 Å². The number of amides is 1. The molecular weight excluding hydrogens is 355 g/mol. The van der Waals surface area contributed by atoms with Crippen LogP contribution in [0, 0.1) is 11.7 Å². The molecule has 1 aromatic carbocycles. The summed E-state index contributed by atoms with van der Waals surface area (Å²) in [5.41, 5.74) is 3.12. The van der Waals surface area contributed by atoms with Gasteiger partial charge in [0.15, 0.2) is 0 Å². The molecule has 2 rings (SSSR count). The lowest BCUT2D eigenvalue weighted by Crippen LogP contribution is -2.14. The third kappa shape index (κ3) is 5.87. The van der Waals surface area contributed by atoms with E-state index in [4.69, 9.17) is 0 Å². The Kier molecular flexibility index (Phi) is 7.63. The van der Waals surface area contributed by atoms with Gasteiger partial charge in [-0.2, -0.15) is 0 Å². The number of rotatable bonds is 8. The van der Waals surface area contributed by atoms with E-state index in [1.54, 1.807) is 30.6 Å². The summed E-state index contributed by atoms with van der Waals surface area (Å²) >= 11 is 0. The van der Waals surface area contributed by atoms with Gasteiger partial charge in [-0.15, -0.1) is 0 Å². The van der Waals surface area contributed by atoms with Crippen LogP contribution in [0.3, 0.4) is 0 Å². The molecule has 1 unspecified atom stereocenters. The lowest BCUT2D eigenvalue weighted by Gasteiger charge is -2.13. The van der Waals surface area contributed by atoms with Crippen LogP contribution in [0.15, 0.2) is 72.1 Å². The summed E-state index contributed by atoms with van der Waals surface area (Å²) in [6, 6.07) is 7.60. The van der Waals surface area contributed by atoms with E-state index in [9.17, 15) is 9.18 Å². The minimum Gasteiger partial charge on any atom is -0.353 e. The number of halogens is 1. The Morgan fingerprint density at radius 3 is 2.64 bits per heavy atom. The maximum absolute atomic E-state index is 13.1. The van der Waals surface area contributed by atoms with E-state index in [2.05, 4.69) is 41.0 Å². The summed E-state index contributed by atoms with van der Waals surface area (Å²) in [5.74, 6) is -0.305. The van der Waals surface area contributed by atoms with E-state index in [-0.39, 0.29) is 11.7 Å². The summed E-state index contributed by atoms with van der Waals surface area (Å²) < 4.78 is 13.1. The highest BCUT2D eigenvalue weighted by Gasteiger charge is 2.11. The Balaban J connectivity index is 2.18. The monoisotopic (exact) mass is 380 g/mol. The molecule has 0 saturated heterocycles. The molecule has 0 fully saturated rings. The second-order valence-corrected chi connectivity index (χ2v) is 6.38. The van der Waals surface area contributed by atoms with Crippen LogP contribution in [0.2, 0.25) is 0 Å². The fraction of sp³-hybridized carbons (Fsp3) is 0.227. The number of anilines is 3.